The van der Waals surface area contributed by atoms with E-state index in [9.17, 15) is 22.8 Å². The van der Waals surface area contributed by atoms with Gasteiger partial charge in [0.15, 0.2) is 0 Å². The number of hydrogen-bond donors (Lipinski definition) is 0. The lowest BCUT2D eigenvalue weighted by molar-refractivity contribution is -0.186. The molecule has 1 amide bonds. The van der Waals surface area contributed by atoms with Crippen molar-refractivity contribution >= 4 is 11.9 Å². The Morgan fingerprint density at radius 3 is 2.37 bits per heavy atom. The van der Waals surface area contributed by atoms with Crippen LogP contribution in [0, 0.1) is 5.92 Å². The van der Waals surface area contributed by atoms with Crippen LogP contribution in [0.4, 0.5) is 13.2 Å². The fraction of sp³-hybridized carbons (Fsp3) is 0.667. The maximum absolute atomic E-state index is 12.2. The summed E-state index contributed by atoms with van der Waals surface area (Å²) in [5.74, 6) is -2.25. The summed E-state index contributed by atoms with van der Waals surface area (Å²) in [5.41, 5.74) is 0. The highest BCUT2D eigenvalue weighted by molar-refractivity contribution is 5.82. The smallest absolute Gasteiger partial charge is 0.463 e. The van der Waals surface area contributed by atoms with Crippen molar-refractivity contribution < 1.29 is 27.5 Å². The predicted molar refractivity (Wildman–Crippen MR) is 61.1 cm³/mol. The van der Waals surface area contributed by atoms with Crippen LogP contribution in [0.25, 0.3) is 0 Å². The van der Waals surface area contributed by atoms with Gasteiger partial charge in [0.1, 0.15) is 0 Å². The third-order valence-electron chi connectivity index (χ3n) is 2.86. The van der Waals surface area contributed by atoms with Gasteiger partial charge in [-0.05, 0) is 25.7 Å². The largest absolute Gasteiger partial charge is 0.471 e. The zero-order valence-corrected chi connectivity index (χ0v) is 10.6. The maximum Gasteiger partial charge on any atom is 0.471 e. The fourth-order valence-corrected chi connectivity index (χ4v) is 1.88. The molecule has 0 spiro atoms. The minimum Gasteiger partial charge on any atom is -0.463 e. The Hall–Kier alpha value is -1.53. The summed E-state index contributed by atoms with van der Waals surface area (Å²) in [6.07, 6.45) is -1.06. The number of alkyl halides is 3. The van der Waals surface area contributed by atoms with Crippen molar-refractivity contribution in [2.75, 3.05) is 19.7 Å². The molecular weight excluding hydrogens is 263 g/mol. The van der Waals surface area contributed by atoms with Gasteiger partial charge in [-0.1, -0.05) is 6.08 Å². The number of ether oxygens (including phenoxy) is 1. The van der Waals surface area contributed by atoms with Crippen molar-refractivity contribution in [3.8, 4) is 0 Å². The van der Waals surface area contributed by atoms with Crippen LogP contribution in [0.1, 0.15) is 19.8 Å². The van der Waals surface area contributed by atoms with Gasteiger partial charge >= 0.3 is 18.1 Å². The fourth-order valence-electron chi connectivity index (χ4n) is 1.88. The van der Waals surface area contributed by atoms with Crippen molar-refractivity contribution in [1.29, 1.82) is 0 Å². The van der Waals surface area contributed by atoms with Crippen LogP contribution in [-0.4, -0.2) is 42.6 Å². The lowest BCUT2D eigenvalue weighted by atomic mass is 9.96. The molecule has 0 aliphatic carbocycles. The number of rotatable bonds is 3. The van der Waals surface area contributed by atoms with Crippen molar-refractivity contribution in [3.05, 3.63) is 12.2 Å². The molecule has 1 heterocycles. The molecule has 1 fully saturated rings. The summed E-state index contributed by atoms with van der Waals surface area (Å²) in [5, 5.41) is 0. The molecule has 1 saturated heterocycles. The summed E-state index contributed by atoms with van der Waals surface area (Å²) in [4.78, 5) is 22.9. The van der Waals surface area contributed by atoms with Crippen LogP contribution in [0.5, 0.6) is 0 Å². The first-order chi connectivity index (χ1) is 8.84. The first-order valence-electron chi connectivity index (χ1n) is 6.05. The van der Waals surface area contributed by atoms with Gasteiger partial charge in [-0.2, -0.15) is 13.2 Å². The second-order valence-corrected chi connectivity index (χ2v) is 4.24. The summed E-state index contributed by atoms with van der Waals surface area (Å²) >= 11 is 0. The van der Waals surface area contributed by atoms with E-state index in [4.69, 9.17) is 4.74 Å². The molecule has 0 radical (unpaired) electrons. The average Bonchev–Trinajstić information content (AvgIpc) is 2.35. The second-order valence-electron chi connectivity index (χ2n) is 4.24. The lowest BCUT2D eigenvalue weighted by Crippen LogP contribution is -2.45. The zero-order valence-electron chi connectivity index (χ0n) is 10.6. The number of esters is 1. The summed E-state index contributed by atoms with van der Waals surface area (Å²) in [6, 6.07) is 0. The highest BCUT2D eigenvalue weighted by Crippen LogP contribution is 2.24. The van der Waals surface area contributed by atoms with E-state index in [1.165, 1.54) is 6.08 Å². The number of carbonyl (C=O) groups is 2. The Balaban J connectivity index is 2.41. The molecule has 0 aromatic heterocycles. The molecule has 1 aliphatic heterocycles. The molecule has 7 heteroatoms. The van der Waals surface area contributed by atoms with Crippen molar-refractivity contribution in [3.63, 3.8) is 0 Å². The predicted octanol–water partition coefficient (Wildman–Crippen LogP) is 1.91. The van der Waals surface area contributed by atoms with E-state index in [0.717, 1.165) is 4.90 Å². The maximum atomic E-state index is 12.2. The highest BCUT2D eigenvalue weighted by atomic mass is 19.4. The Kier molecular flexibility index (Phi) is 5.38. The summed E-state index contributed by atoms with van der Waals surface area (Å²) in [6.45, 7) is 2.07. The molecule has 1 aliphatic rings. The Morgan fingerprint density at radius 1 is 1.32 bits per heavy atom. The van der Waals surface area contributed by atoms with Crippen LogP contribution in [0.3, 0.4) is 0 Å². The van der Waals surface area contributed by atoms with Crippen LogP contribution in [0.15, 0.2) is 12.2 Å². The van der Waals surface area contributed by atoms with Crippen LogP contribution >= 0.6 is 0 Å². The van der Waals surface area contributed by atoms with Crippen molar-refractivity contribution in [2.24, 2.45) is 5.92 Å². The van der Waals surface area contributed by atoms with Crippen molar-refractivity contribution in [1.82, 2.24) is 4.90 Å². The number of likely N-dealkylation sites (tertiary alicyclic amines) is 1. The van der Waals surface area contributed by atoms with E-state index < -0.39 is 18.1 Å². The number of amides is 1. The normalized spacial score (nSPS) is 17.8. The highest BCUT2D eigenvalue weighted by Gasteiger charge is 2.43. The molecular formula is C12H16F3NO3. The number of hydrogen-bond acceptors (Lipinski definition) is 3. The second kappa shape index (κ2) is 6.58. The quantitative estimate of drug-likeness (QED) is 0.585. The van der Waals surface area contributed by atoms with Gasteiger partial charge in [-0.15, -0.1) is 0 Å². The van der Waals surface area contributed by atoms with Crippen molar-refractivity contribution in [2.45, 2.75) is 25.9 Å². The van der Waals surface area contributed by atoms with E-state index in [-0.39, 0.29) is 25.6 Å². The Bertz CT molecular complexity index is 358. The van der Waals surface area contributed by atoms with E-state index in [1.807, 2.05) is 0 Å². The Morgan fingerprint density at radius 2 is 1.89 bits per heavy atom. The molecule has 108 valence electrons. The first kappa shape index (κ1) is 15.5. The van der Waals surface area contributed by atoms with E-state index in [1.54, 1.807) is 13.0 Å². The van der Waals surface area contributed by atoms with Gasteiger partial charge < -0.3 is 9.64 Å². The molecule has 0 unspecified atom stereocenters. The minimum absolute atomic E-state index is 0.00156. The SMILES string of the molecule is CCOC(=O)C=CC1CCN(C(=O)C(F)(F)F)CC1. The minimum atomic E-state index is -4.81. The molecule has 4 nitrogen and oxygen atoms in total. The summed E-state index contributed by atoms with van der Waals surface area (Å²) < 4.78 is 41.3. The van der Waals surface area contributed by atoms with Gasteiger partial charge in [-0.25, -0.2) is 4.79 Å². The molecule has 0 aromatic rings. The molecule has 0 atom stereocenters. The van der Waals surface area contributed by atoms with Gasteiger partial charge in [-0.3, -0.25) is 4.79 Å². The standard InChI is InChI=1S/C12H16F3NO3/c1-2-19-10(17)4-3-9-5-7-16(8-6-9)11(18)12(13,14)15/h3-4,9H,2,5-8H2,1H3. The van der Waals surface area contributed by atoms with Crippen LogP contribution in [0.2, 0.25) is 0 Å². The van der Waals surface area contributed by atoms with Gasteiger partial charge in [0.05, 0.1) is 6.61 Å². The van der Waals surface area contributed by atoms with Gasteiger partial charge in [0, 0.05) is 19.2 Å². The van der Waals surface area contributed by atoms with Gasteiger partial charge in [0.2, 0.25) is 0 Å². The monoisotopic (exact) mass is 279 g/mol. The van der Waals surface area contributed by atoms with Gasteiger partial charge in [0.25, 0.3) is 0 Å². The van der Waals surface area contributed by atoms with Crippen LogP contribution in [-0.2, 0) is 14.3 Å². The molecule has 0 aromatic carbocycles. The summed E-state index contributed by atoms with van der Waals surface area (Å²) in [7, 11) is 0. The van der Waals surface area contributed by atoms with E-state index >= 15 is 0 Å². The third-order valence-corrected chi connectivity index (χ3v) is 2.86. The Labute approximate surface area is 109 Å². The van der Waals surface area contributed by atoms with E-state index in [0.29, 0.717) is 12.8 Å². The number of carbonyl (C=O) groups excluding carboxylic acids is 2. The number of allylic oxidation sites excluding steroid dienone is 1. The van der Waals surface area contributed by atoms with Crippen LogP contribution < -0.4 is 0 Å². The topological polar surface area (TPSA) is 46.6 Å². The number of halogens is 3. The lowest BCUT2D eigenvalue weighted by Gasteiger charge is -2.31. The third kappa shape index (κ3) is 4.92. The molecule has 1 rings (SSSR count). The van der Waals surface area contributed by atoms with E-state index in [2.05, 4.69) is 0 Å². The molecule has 0 saturated carbocycles. The average molecular weight is 279 g/mol. The number of nitrogens with zero attached hydrogens (tertiary/aromatic N) is 1. The molecule has 0 N–H and O–H groups in total. The molecule has 0 bridgehead atoms. The zero-order chi connectivity index (χ0) is 14.5. The first-order valence-corrected chi connectivity index (χ1v) is 6.05. The number of piperidine rings is 1. The molecule has 19 heavy (non-hydrogen) atoms.